The number of aromatic nitrogens is 2. The number of carbonyl (C=O) groups is 1. The van der Waals surface area contributed by atoms with Crippen LogP contribution in [0.15, 0.2) is 53.7 Å². The number of nitro groups is 1. The molecular formula is C24H23N5O5S. The number of carbonyl (C=O) groups excluding carboxylic acids is 1. The van der Waals surface area contributed by atoms with Crippen LogP contribution in [0.1, 0.15) is 42.3 Å². The molecule has 0 fully saturated rings. The van der Waals surface area contributed by atoms with E-state index < -0.39 is 22.2 Å². The number of thioether (sulfide) groups is 1. The highest BCUT2D eigenvalue weighted by molar-refractivity contribution is 7.98. The molecule has 1 heterocycles. The predicted molar refractivity (Wildman–Crippen MR) is 131 cm³/mol. The summed E-state index contributed by atoms with van der Waals surface area (Å²) in [7, 11) is 0. The van der Waals surface area contributed by atoms with Gasteiger partial charge >= 0.3 is 17.5 Å². The predicted octanol–water partition coefficient (Wildman–Crippen LogP) is 5.34. The molecule has 0 saturated heterocycles. The lowest BCUT2D eigenvalue weighted by atomic mass is 10.1. The molecule has 0 unspecified atom stereocenters. The Hall–Kier alpha value is -4.17. The molecule has 0 aliphatic carbocycles. The van der Waals surface area contributed by atoms with Gasteiger partial charge in [-0.1, -0.05) is 42.1 Å². The summed E-state index contributed by atoms with van der Waals surface area (Å²) >= 11 is 1.17. The second kappa shape index (κ2) is 10.8. The van der Waals surface area contributed by atoms with Gasteiger partial charge in [0.1, 0.15) is 16.9 Å². The fraction of sp³-hybridized carbons (Fsp3) is 0.250. The summed E-state index contributed by atoms with van der Waals surface area (Å²) in [5.74, 6) is -1.21. The monoisotopic (exact) mass is 493 g/mol. The zero-order chi connectivity index (χ0) is 25.6. The van der Waals surface area contributed by atoms with Crippen molar-refractivity contribution < 1.29 is 19.2 Å². The summed E-state index contributed by atoms with van der Waals surface area (Å²) in [5, 5.41) is 24.5. The van der Waals surface area contributed by atoms with Crippen LogP contribution in [0.25, 0.3) is 0 Å². The Labute approximate surface area is 206 Å². The number of hydrogen-bond acceptors (Lipinski definition) is 10. The first-order chi connectivity index (χ1) is 16.6. The van der Waals surface area contributed by atoms with Crippen LogP contribution in [0.3, 0.4) is 0 Å². The molecule has 0 spiro atoms. The number of esters is 1. The average molecular weight is 494 g/mol. The van der Waals surface area contributed by atoms with Crippen molar-refractivity contribution >= 4 is 29.2 Å². The van der Waals surface area contributed by atoms with Gasteiger partial charge in [-0.25, -0.2) is 4.79 Å². The Bertz CT molecular complexity index is 1290. The van der Waals surface area contributed by atoms with E-state index in [9.17, 15) is 20.2 Å². The maximum absolute atomic E-state index is 12.8. The standard InChI is InChI=1S/C24H23N5O5S/c1-24(2,3)34-22(30)17-11-10-16(13-25)12-18(17)33-21-19(29(31)32)20(27-23(28-21)35-4)26-14-15-8-6-5-7-9-15/h5-12H,14H2,1-4H3,(H,26,27,28). The fourth-order valence-corrected chi connectivity index (χ4v) is 3.29. The number of nitrogens with one attached hydrogen (secondary N) is 1. The number of nitrogens with zero attached hydrogens (tertiary/aromatic N) is 4. The van der Waals surface area contributed by atoms with Gasteiger partial charge in [0.15, 0.2) is 5.16 Å². The van der Waals surface area contributed by atoms with Crippen molar-refractivity contribution in [2.24, 2.45) is 0 Å². The highest BCUT2D eigenvalue weighted by atomic mass is 32.2. The number of rotatable bonds is 8. The number of ether oxygens (including phenoxy) is 2. The van der Waals surface area contributed by atoms with E-state index in [4.69, 9.17) is 9.47 Å². The molecule has 0 radical (unpaired) electrons. The van der Waals surface area contributed by atoms with E-state index in [0.717, 1.165) is 5.56 Å². The summed E-state index contributed by atoms with van der Waals surface area (Å²) in [5.41, 5.74) is -0.212. The number of nitriles is 1. The molecule has 3 rings (SSSR count). The highest BCUT2D eigenvalue weighted by Gasteiger charge is 2.29. The van der Waals surface area contributed by atoms with Crippen molar-refractivity contribution in [1.82, 2.24) is 9.97 Å². The first kappa shape index (κ1) is 25.5. The normalized spacial score (nSPS) is 10.8. The number of benzene rings is 2. The molecule has 35 heavy (non-hydrogen) atoms. The maximum Gasteiger partial charge on any atom is 0.373 e. The zero-order valence-electron chi connectivity index (χ0n) is 19.6. The van der Waals surface area contributed by atoms with Crippen molar-refractivity contribution in [1.29, 1.82) is 5.26 Å². The quantitative estimate of drug-likeness (QED) is 0.144. The Balaban J connectivity index is 2.07. The summed E-state index contributed by atoms with van der Waals surface area (Å²) in [4.78, 5) is 32.6. The van der Waals surface area contributed by atoms with Crippen molar-refractivity contribution in [2.45, 2.75) is 38.1 Å². The van der Waals surface area contributed by atoms with Crippen LogP contribution < -0.4 is 10.1 Å². The minimum absolute atomic E-state index is 0.00340. The van der Waals surface area contributed by atoms with E-state index in [-0.39, 0.29) is 40.3 Å². The molecule has 0 bridgehead atoms. The fourth-order valence-electron chi connectivity index (χ4n) is 2.93. The lowest BCUT2D eigenvalue weighted by Crippen LogP contribution is -2.24. The van der Waals surface area contributed by atoms with Gasteiger partial charge in [0.05, 0.1) is 16.6 Å². The topological polar surface area (TPSA) is 140 Å². The van der Waals surface area contributed by atoms with Gasteiger partial charge in [0.25, 0.3) is 0 Å². The molecular weight excluding hydrogens is 470 g/mol. The Kier molecular flexibility index (Phi) is 7.88. The lowest BCUT2D eigenvalue weighted by molar-refractivity contribution is -0.385. The minimum Gasteiger partial charge on any atom is -0.456 e. The van der Waals surface area contributed by atoms with Gasteiger partial charge < -0.3 is 14.8 Å². The summed E-state index contributed by atoms with van der Waals surface area (Å²) in [6.45, 7) is 5.40. The second-order valence-electron chi connectivity index (χ2n) is 8.24. The molecule has 0 amide bonds. The zero-order valence-corrected chi connectivity index (χ0v) is 20.4. The third-order valence-corrected chi connectivity index (χ3v) is 4.98. The molecule has 1 N–H and O–H groups in total. The molecule has 1 aromatic heterocycles. The van der Waals surface area contributed by atoms with Crippen LogP contribution in [0.5, 0.6) is 11.6 Å². The van der Waals surface area contributed by atoms with Crippen LogP contribution in [-0.4, -0.2) is 32.7 Å². The van der Waals surface area contributed by atoms with E-state index >= 15 is 0 Å². The van der Waals surface area contributed by atoms with Crippen LogP contribution >= 0.6 is 11.8 Å². The van der Waals surface area contributed by atoms with E-state index in [1.807, 2.05) is 36.4 Å². The molecule has 180 valence electrons. The van der Waals surface area contributed by atoms with Gasteiger partial charge in [-0.2, -0.15) is 15.2 Å². The highest BCUT2D eigenvalue weighted by Crippen LogP contribution is 2.38. The summed E-state index contributed by atoms with van der Waals surface area (Å²) in [6.07, 6.45) is 1.72. The maximum atomic E-state index is 12.8. The van der Waals surface area contributed by atoms with Crippen LogP contribution in [-0.2, 0) is 11.3 Å². The molecule has 0 atom stereocenters. The first-order valence-corrected chi connectivity index (χ1v) is 11.7. The smallest absolute Gasteiger partial charge is 0.373 e. The molecule has 2 aromatic carbocycles. The van der Waals surface area contributed by atoms with Gasteiger partial charge in [-0.15, -0.1) is 0 Å². The SMILES string of the molecule is CSc1nc(NCc2ccccc2)c([N+](=O)[O-])c(Oc2cc(C#N)ccc2C(=O)OC(C)(C)C)n1. The third-order valence-electron chi connectivity index (χ3n) is 4.44. The van der Waals surface area contributed by atoms with E-state index in [1.165, 1.54) is 30.0 Å². The molecule has 0 aliphatic rings. The van der Waals surface area contributed by atoms with Crippen molar-refractivity contribution in [3.63, 3.8) is 0 Å². The van der Waals surface area contributed by atoms with Gasteiger partial charge in [-0.05, 0) is 50.8 Å². The van der Waals surface area contributed by atoms with E-state index in [2.05, 4.69) is 15.3 Å². The summed E-state index contributed by atoms with van der Waals surface area (Å²) < 4.78 is 11.2. The molecule has 11 heteroatoms. The van der Waals surface area contributed by atoms with Crippen molar-refractivity contribution in [3.8, 4) is 17.7 Å². The van der Waals surface area contributed by atoms with Crippen molar-refractivity contribution in [2.75, 3.05) is 11.6 Å². The van der Waals surface area contributed by atoms with Gasteiger partial charge in [-0.3, -0.25) is 10.1 Å². The van der Waals surface area contributed by atoms with Crippen LogP contribution in [0.4, 0.5) is 11.5 Å². The number of anilines is 1. The number of hydrogen-bond donors (Lipinski definition) is 1. The molecule has 0 aliphatic heterocycles. The molecule has 0 saturated carbocycles. The van der Waals surface area contributed by atoms with Crippen LogP contribution in [0.2, 0.25) is 0 Å². The van der Waals surface area contributed by atoms with E-state index in [0.29, 0.717) is 0 Å². The average Bonchev–Trinajstić information content (AvgIpc) is 2.81. The second-order valence-corrected chi connectivity index (χ2v) is 9.01. The first-order valence-electron chi connectivity index (χ1n) is 10.4. The van der Waals surface area contributed by atoms with Crippen LogP contribution in [0, 0.1) is 21.4 Å². The van der Waals surface area contributed by atoms with Crippen molar-refractivity contribution in [3.05, 3.63) is 75.3 Å². The van der Waals surface area contributed by atoms with Gasteiger partial charge in [0.2, 0.25) is 5.82 Å². The third kappa shape index (κ3) is 6.68. The Morgan fingerprint density at radius 2 is 1.91 bits per heavy atom. The largest absolute Gasteiger partial charge is 0.456 e. The van der Waals surface area contributed by atoms with E-state index in [1.54, 1.807) is 27.0 Å². The Morgan fingerprint density at radius 1 is 1.20 bits per heavy atom. The Morgan fingerprint density at radius 3 is 2.51 bits per heavy atom. The molecule has 10 nitrogen and oxygen atoms in total. The minimum atomic E-state index is -0.788. The lowest BCUT2D eigenvalue weighted by Gasteiger charge is -2.20. The summed E-state index contributed by atoms with van der Waals surface area (Å²) in [6, 6.07) is 15.4. The molecule has 3 aromatic rings. The van der Waals surface area contributed by atoms with Gasteiger partial charge in [0, 0.05) is 6.54 Å².